The molecule has 0 saturated heterocycles. The van der Waals surface area contributed by atoms with Gasteiger partial charge in [-0.2, -0.15) is 0 Å². The van der Waals surface area contributed by atoms with Crippen LogP contribution in [0.5, 0.6) is 0 Å². The summed E-state index contributed by atoms with van der Waals surface area (Å²) in [7, 11) is 0. The smallest absolute Gasteiger partial charge is 0.110 e. The zero-order valence-electron chi connectivity index (χ0n) is 20.0. The Morgan fingerprint density at radius 2 is 1.79 bits per heavy atom. The highest BCUT2D eigenvalue weighted by Crippen LogP contribution is 2.75. The minimum absolute atomic E-state index is 0.423. The van der Waals surface area contributed by atoms with Crippen LogP contribution in [0, 0.1) is 39.4 Å². The van der Waals surface area contributed by atoms with Gasteiger partial charge in [-0.1, -0.05) is 72.5 Å². The lowest BCUT2D eigenvalue weighted by molar-refractivity contribution is -0.135. The van der Waals surface area contributed by atoms with Gasteiger partial charge in [0.1, 0.15) is 23.0 Å². The Morgan fingerprint density at radius 3 is 2.48 bits per heavy atom. The average Bonchev–Trinajstić information content (AvgIpc) is 2.98. The van der Waals surface area contributed by atoms with E-state index in [0.717, 1.165) is 17.8 Å². The molecule has 29 heavy (non-hydrogen) atoms. The zero-order valence-corrected chi connectivity index (χ0v) is 22.1. The van der Waals surface area contributed by atoms with Crippen LogP contribution in [0.1, 0.15) is 112 Å². The first-order valence-electron chi connectivity index (χ1n) is 12.6. The number of rotatable bonds is 5. The second-order valence-corrected chi connectivity index (χ2v) is 12.9. The van der Waals surface area contributed by atoms with Crippen molar-refractivity contribution in [3.05, 3.63) is 11.6 Å². The monoisotopic (exact) mass is 512 g/mol. The first kappa shape index (κ1) is 22.6. The van der Waals surface area contributed by atoms with Crippen molar-refractivity contribution in [3.8, 4) is 0 Å². The summed E-state index contributed by atoms with van der Waals surface area (Å²) in [4.78, 5) is 0. The Balaban J connectivity index is 1.65. The van der Waals surface area contributed by atoms with Crippen molar-refractivity contribution in [1.82, 2.24) is 0 Å². The minimum atomic E-state index is 0.423. The number of fused-ring (bicyclic) bond motifs is 5. The molecule has 0 aromatic heterocycles. The van der Waals surface area contributed by atoms with Crippen LogP contribution in [0.25, 0.3) is 0 Å². The summed E-state index contributed by atoms with van der Waals surface area (Å²) < 4.78 is 5.75. The fourth-order valence-corrected chi connectivity index (χ4v) is 9.72. The molecule has 4 rings (SSSR count). The van der Waals surface area contributed by atoms with E-state index >= 15 is 0 Å². The molecule has 4 aliphatic carbocycles. The minimum Gasteiger partial charge on any atom is -0.312 e. The summed E-state index contributed by atoms with van der Waals surface area (Å²) >= 11 is 2.13. The van der Waals surface area contributed by atoms with Crippen LogP contribution < -0.4 is 0 Å². The molecule has 3 saturated carbocycles. The maximum atomic E-state index is 5.75. The van der Waals surface area contributed by atoms with Gasteiger partial charge in [-0.3, -0.25) is 0 Å². The number of unbranched alkanes of at least 4 members (excludes halogenated alkanes) is 1. The molecule has 0 N–H and O–H groups in total. The second-order valence-electron chi connectivity index (χ2n) is 12.4. The number of allylic oxidation sites excluding steroid dienone is 1. The summed E-state index contributed by atoms with van der Waals surface area (Å²) in [5.41, 5.74) is 3.71. The Hall–Kier alpha value is 0.430. The van der Waals surface area contributed by atoms with Crippen LogP contribution in [-0.2, 0) is 3.07 Å². The van der Waals surface area contributed by atoms with Gasteiger partial charge < -0.3 is 3.07 Å². The predicted molar refractivity (Wildman–Crippen MR) is 132 cm³/mol. The molecule has 2 heteroatoms. The molecule has 0 aromatic rings. The topological polar surface area (TPSA) is 9.23 Å². The van der Waals surface area contributed by atoms with Crippen LogP contribution in [0.3, 0.4) is 0 Å². The van der Waals surface area contributed by atoms with E-state index in [1.807, 2.05) is 0 Å². The van der Waals surface area contributed by atoms with Gasteiger partial charge in [-0.25, -0.2) is 0 Å². The van der Waals surface area contributed by atoms with Crippen LogP contribution in [0.2, 0.25) is 0 Å². The van der Waals surface area contributed by atoms with Gasteiger partial charge in [0.05, 0.1) is 6.10 Å². The molecule has 0 aromatic carbocycles. The Labute approximate surface area is 194 Å². The lowest BCUT2D eigenvalue weighted by atomic mass is 9.40. The highest BCUT2D eigenvalue weighted by atomic mass is 127. The molecular formula is C27H45IO. The fraction of sp³-hybridized carbons (Fsp3) is 0.926. The maximum absolute atomic E-state index is 5.75. The summed E-state index contributed by atoms with van der Waals surface area (Å²) in [6, 6.07) is 0. The van der Waals surface area contributed by atoms with Gasteiger partial charge in [0, 0.05) is 0 Å². The lowest BCUT2D eigenvalue weighted by Crippen LogP contribution is -2.57. The van der Waals surface area contributed by atoms with E-state index in [-0.39, 0.29) is 0 Å². The molecule has 3 fully saturated rings. The fourth-order valence-electron chi connectivity index (χ4n) is 9.28. The maximum Gasteiger partial charge on any atom is 0.110 e. The Morgan fingerprint density at radius 1 is 1.07 bits per heavy atom. The molecule has 0 aliphatic heterocycles. The van der Waals surface area contributed by atoms with Crippen LogP contribution in [0.15, 0.2) is 11.6 Å². The molecular weight excluding hydrogens is 467 g/mol. The van der Waals surface area contributed by atoms with Gasteiger partial charge >= 0.3 is 0 Å². The van der Waals surface area contributed by atoms with E-state index in [2.05, 4.69) is 70.6 Å². The lowest BCUT2D eigenvalue weighted by Gasteiger charge is -2.65. The van der Waals surface area contributed by atoms with E-state index in [4.69, 9.17) is 3.07 Å². The third-order valence-corrected chi connectivity index (χ3v) is 12.2. The first-order chi connectivity index (χ1) is 13.7. The van der Waals surface area contributed by atoms with Gasteiger partial charge in [0.25, 0.3) is 0 Å². The highest BCUT2D eigenvalue weighted by molar-refractivity contribution is 14.1. The Kier molecular flexibility index (Phi) is 6.07. The average molecular weight is 513 g/mol. The molecule has 1 nitrogen and oxygen atoms in total. The second kappa shape index (κ2) is 7.78. The summed E-state index contributed by atoms with van der Waals surface area (Å²) in [6.45, 7) is 15.7. The quantitative estimate of drug-likeness (QED) is 0.264. The Bertz CT molecular complexity index is 657. The number of halogens is 1. The summed E-state index contributed by atoms with van der Waals surface area (Å²) in [6.07, 6.45) is 18.2. The van der Waals surface area contributed by atoms with Gasteiger partial charge in [-0.05, 0) is 90.8 Å². The third-order valence-electron chi connectivity index (χ3n) is 11.5. The molecule has 0 radical (unpaired) electrons. The first-order valence-corrected chi connectivity index (χ1v) is 13.5. The van der Waals surface area contributed by atoms with Crippen molar-refractivity contribution in [1.29, 1.82) is 0 Å². The van der Waals surface area contributed by atoms with Crippen molar-refractivity contribution >= 4 is 23.0 Å². The van der Waals surface area contributed by atoms with Crippen LogP contribution in [0.4, 0.5) is 0 Å². The number of hydrogen-bond acceptors (Lipinski definition) is 1. The van der Waals surface area contributed by atoms with Gasteiger partial charge in [0.15, 0.2) is 0 Å². The third kappa shape index (κ3) is 3.15. The van der Waals surface area contributed by atoms with Gasteiger partial charge in [-0.15, -0.1) is 0 Å². The van der Waals surface area contributed by atoms with Crippen molar-refractivity contribution in [2.75, 3.05) is 0 Å². The molecule has 4 aliphatic rings. The normalized spacial score (nSPS) is 50.3. The molecule has 0 unspecified atom stereocenters. The molecule has 8 atom stereocenters. The SMILES string of the molecule is CCCC[C@@H](C)[C@@]1(C)CC[C@H]2[C@]3(C)CC=C4C[C@@H](OI)CC[C@]4(C)[C@H]3CC[C@@]21C. The van der Waals surface area contributed by atoms with Crippen molar-refractivity contribution in [2.45, 2.75) is 118 Å². The van der Waals surface area contributed by atoms with E-state index in [1.165, 1.54) is 70.6 Å². The molecule has 0 spiro atoms. The zero-order chi connectivity index (χ0) is 21.1. The van der Waals surface area contributed by atoms with E-state index in [1.54, 1.807) is 5.57 Å². The highest BCUT2D eigenvalue weighted by Gasteiger charge is 2.67. The van der Waals surface area contributed by atoms with E-state index in [0.29, 0.717) is 27.8 Å². The van der Waals surface area contributed by atoms with Crippen molar-refractivity contribution < 1.29 is 3.07 Å². The molecule has 166 valence electrons. The molecule has 0 heterocycles. The molecule has 0 amide bonds. The van der Waals surface area contributed by atoms with Gasteiger partial charge in [0.2, 0.25) is 0 Å². The van der Waals surface area contributed by atoms with Crippen LogP contribution >= 0.6 is 23.0 Å². The van der Waals surface area contributed by atoms with Crippen molar-refractivity contribution in [2.24, 2.45) is 39.4 Å². The summed E-state index contributed by atoms with van der Waals surface area (Å²) in [5, 5.41) is 0. The van der Waals surface area contributed by atoms with Crippen molar-refractivity contribution in [3.63, 3.8) is 0 Å². The van der Waals surface area contributed by atoms with E-state index < -0.39 is 0 Å². The van der Waals surface area contributed by atoms with E-state index in [9.17, 15) is 0 Å². The number of hydrogen-bond donors (Lipinski definition) is 0. The molecule has 0 bridgehead atoms. The standard InChI is InChI=1S/C27H45IO/c1-7-8-9-19(2)26(5)16-13-23-25(4)14-10-20-18-21(29-28)11-15-24(20,3)22(25)12-17-27(23,26)6/h10,19,21-23H,7-9,11-18H2,1-6H3/t19-,21+,22-,23+,24+,25-,26-,27+/m1/s1. The predicted octanol–water partition coefficient (Wildman–Crippen LogP) is 8.91. The van der Waals surface area contributed by atoms with Crippen LogP contribution in [-0.4, -0.2) is 6.10 Å². The largest absolute Gasteiger partial charge is 0.312 e. The summed E-state index contributed by atoms with van der Waals surface area (Å²) in [5.74, 6) is 2.63.